The molecule has 0 saturated heterocycles. The molecule has 0 spiro atoms. The second-order valence-corrected chi connectivity index (χ2v) is 6.37. The van der Waals surface area contributed by atoms with Crippen molar-refractivity contribution in [2.24, 2.45) is 0 Å². The molecule has 3 nitrogen and oxygen atoms in total. The predicted octanol–water partition coefficient (Wildman–Crippen LogP) is 4.70. The molecule has 1 unspecified atom stereocenters. The fourth-order valence-corrected chi connectivity index (χ4v) is 2.99. The maximum atomic E-state index is 5.78. The first-order valence-corrected chi connectivity index (χ1v) is 8.50. The molecule has 1 atom stereocenters. The van der Waals surface area contributed by atoms with Gasteiger partial charge in [0.2, 0.25) is 0 Å². The van der Waals surface area contributed by atoms with Gasteiger partial charge in [0.15, 0.2) is 0 Å². The number of rotatable bonds is 6. The van der Waals surface area contributed by atoms with Gasteiger partial charge in [0, 0.05) is 26.9 Å². The van der Waals surface area contributed by atoms with Crippen molar-refractivity contribution in [1.82, 2.24) is 10.3 Å². The number of nitrogens with zero attached hydrogens (tertiary/aromatic N) is 1. The van der Waals surface area contributed by atoms with Crippen LogP contribution in [0.5, 0.6) is 5.75 Å². The smallest absolute Gasteiger partial charge is 0.124 e. The zero-order chi connectivity index (χ0) is 15.2. The van der Waals surface area contributed by atoms with E-state index in [9.17, 15) is 0 Å². The first kappa shape index (κ1) is 16.5. The Morgan fingerprint density at radius 3 is 2.62 bits per heavy atom. The Kier molecular flexibility index (Phi) is 6.21. The number of halogens is 2. The molecule has 5 heteroatoms. The molecule has 21 heavy (non-hydrogen) atoms. The maximum Gasteiger partial charge on any atom is 0.124 e. The molecule has 1 N–H and O–H groups in total. The van der Waals surface area contributed by atoms with Crippen LogP contribution in [0.1, 0.15) is 31.0 Å². The lowest BCUT2D eigenvalue weighted by molar-refractivity contribution is 0.333. The van der Waals surface area contributed by atoms with E-state index in [-0.39, 0.29) is 6.04 Å². The molecule has 0 bridgehead atoms. The summed E-state index contributed by atoms with van der Waals surface area (Å²) < 4.78 is 7.78. The Morgan fingerprint density at radius 1 is 1.14 bits per heavy atom. The van der Waals surface area contributed by atoms with Gasteiger partial charge in [0.05, 0.1) is 12.6 Å². The van der Waals surface area contributed by atoms with Crippen LogP contribution in [0.15, 0.2) is 45.6 Å². The summed E-state index contributed by atoms with van der Waals surface area (Å²) in [5.41, 5.74) is 2.21. The molecule has 1 aromatic carbocycles. The van der Waals surface area contributed by atoms with Gasteiger partial charge < -0.3 is 10.1 Å². The highest BCUT2D eigenvalue weighted by Crippen LogP contribution is 2.33. The Hall–Kier alpha value is -0.910. The summed E-state index contributed by atoms with van der Waals surface area (Å²) in [4.78, 5) is 4.27. The van der Waals surface area contributed by atoms with Crippen LogP contribution in [0.2, 0.25) is 0 Å². The summed E-state index contributed by atoms with van der Waals surface area (Å²) in [6.07, 6.45) is 3.67. The molecule has 2 aromatic rings. The minimum Gasteiger partial charge on any atom is -0.494 e. The summed E-state index contributed by atoms with van der Waals surface area (Å²) in [7, 11) is 0. The molecule has 112 valence electrons. The number of aromatic nitrogens is 1. The number of pyridine rings is 1. The molecule has 0 aliphatic heterocycles. The summed E-state index contributed by atoms with van der Waals surface area (Å²) >= 11 is 7.03. The van der Waals surface area contributed by atoms with Gasteiger partial charge in [-0.1, -0.05) is 22.9 Å². The average Bonchev–Trinajstić information content (AvgIpc) is 2.47. The molecule has 1 aromatic heterocycles. The lowest BCUT2D eigenvalue weighted by Crippen LogP contribution is -2.23. The number of nitrogens with one attached hydrogen (secondary N) is 1. The van der Waals surface area contributed by atoms with Crippen LogP contribution in [0.4, 0.5) is 0 Å². The molecular weight excluding hydrogens is 396 g/mol. The summed E-state index contributed by atoms with van der Waals surface area (Å²) in [5.74, 6) is 0.895. The van der Waals surface area contributed by atoms with Crippen LogP contribution in [0.3, 0.4) is 0 Å². The van der Waals surface area contributed by atoms with Crippen molar-refractivity contribution >= 4 is 31.9 Å². The van der Waals surface area contributed by atoms with Crippen LogP contribution in [0, 0.1) is 0 Å². The standard InChI is InChI=1S/C16H18Br2N2O/c1-3-20-16(11-7-13(18)10-19-9-11)14-8-12(17)5-6-15(14)21-4-2/h5-10,16,20H,3-4H2,1-2H3. The Bertz CT molecular complexity index is 605. The first-order chi connectivity index (χ1) is 10.2. The van der Waals surface area contributed by atoms with E-state index in [2.05, 4.69) is 61.2 Å². The Balaban J connectivity index is 2.49. The average molecular weight is 414 g/mol. The van der Waals surface area contributed by atoms with E-state index in [1.807, 2.05) is 25.3 Å². The molecule has 0 saturated carbocycles. The highest BCUT2D eigenvalue weighted by Gasteiger charge is 2.18. The monoisotopic (exact) mass is 412 g/mol. The largest absolute Gasteiger partial charge is 0.494 e. The van der Waals surface area contributed by atoms with Gasteiger partial charge in [0.25, 0.3) is 0 Å². The van der Waals surface area contributed by atoms with Gasteiger partial charge in [-0.2, -0.15) is 0 Å². The molecule has 0 aliphatic rings. The molecule has 0 fully saturated rings. The molecule has 0 radical (unpaired) electrons. The van der Waals surface area contributed by atoms with E-state index in [0.717, 1.165) is 32.4 Å². The second kappa shape index (κ2) is 7.92. The minimum atomic E-state index is 0.0408. The van der Waals surface area contributed by atoms with Gasteiger partial charge >= 0.3 is 0 Å². The lowest BCUT2D eigenvalue weighted by atomic mass is 9.99. The quantitative estimate of drug-likeness (QED) is 0.744. The highest BCUT2D eigenvalue weighted by molar-refractivity contribution is 9.10. The normalized spacial score (nSPS) is 12.2. The molecule has 2 rings (SSSR count). The van der Waals surface area contributed by atoms with Crippen molar-refractivity contribution in [1.29, 1.82) is 0 Å². The van der Waals surface area contributed by atoms with Gasteiger partial charge in [-0.15, -0.1) is 0 Å². The SMILES string of the molecule is CCNC(c1cncc(Br)c1)c1cc(Br)ccc1OCC. The molecule has 0 amide bonds. The van der Waals surface area contributed by atoms with Crippen LogP contribution in [0.25, 0.3) is 0 Å². The lowest BCUT2D eigenvalue weighted by Gasteiger charge is -2.22. The number of hydrogen-bond donors (Lipinski definition) is 1. The van der Waals surface area contributed by atoms with Crippen LogP contribution < -0.4 is 10.1 Å². The van der Waals surface area contributed by atoms with E-state index < -0.39 is 0 Å². The van der Waals surface area contributed by atoms with E-state index in [0.29, 0.717) is 6.61 Å². The van der Waals surface area contributed by atoms with E-state index in [1.165, 1.54) is 0 Å². The van der Waals surface area contributed by atoms with E-state index in [4.69, 9.17) is 4.74 Å². The van der Waals surface area contributed by atoms with Crippen LogP contribution >= 0.6 is 31.9 Å². The highest BCUT2D eigenvalue weighted by atomic mass is 79.9. The van der Waals surface area contributed by atoms with Crippen molar-refractivity contribution in [3.63, 3.8) is 0 Å². The second-order valence-electron chi connectivity index (χ2n) is 4.54. The third-order valence-electron chi connectivity index (χ3n) is 3.05. The van der Waals surface area contributed by atoms with Crippen LogP contribution in [-0.2, 0) is 0 Å². The topological polar surface area (TPSA) is 34.2 Å². The third-order valence-corrected chi connectivity index (χ3v) is 3.98. The summed E-state index contributed by atoms with van der Waals surface area (Å²) in [5, 5.41) is 3.51. The van der Waals surface area contributed by atoms with Crippen molar-refractivity contribution in [3.8, 4) is 5.75 Å². The van der Waals surface area contributed by atoms with Crippen molar-refractivity contribution in [2.45, 2.75) is 19.9 Å². The number of benzene rings is 1. The zero-order valence-electron chi connectivity index (χ0n) is 12.1. The zero-order valence-corrected chi connectivity index (χ0v) is 15.2. The predicted molar refractivity (Wildman–Crippen MR) is 92.8 cm³/mol. The number of hydrogen-bond acceptors (Lipinski definition) is 3. The fraction of sp³-hybridized carbons (Fsp3) is 0.312. The van der Waals surface area contributed by atoms with Gasteiger partial charge in [-0.25, -0.2) is 0 Å². The minimum absolute atomic E-state index is 0.0408. The number of ether oxygens (including phenoxy) is 1. The van der Waals surface area contributed by atoms with Gasteiger partial charge in [-0.05, 0) is 59.2 Å². The molecular formula is C16H18Br2N2O. The first-order valence-electron chi connectivity index (χ1n) is 6.91. The van der Waals surface area contributed by atoms with Crippen molar-refractivity contribution in [3.05, 3.63) is 56.7 Å². The third kappa shape index (κ3) is 4.28. The van der Waals surface area contributed by atoms with E-state index in [1.54, 1.807) is 6.20 Å². The molecule has 1 heterocycles. The Morgan fingerprint density at radius 2 is 1.95 bits per heavy atom. The summed E-state index contributed by atoms with van der Waals surface area (Å²) in [6, 6.07) is 8.21. The fourth-order valence-electron chi connectivity index (χ4n) is 2.23. The van der Waals surface area contributed by atoms with Crippen molar-refractivity contribution in [2.75, 3.05) is 13.2 Å². The van der Waals surface area contributed by atoms with E-state index >= 15 is 0 Å². The maximum absolute atomic E-state index is 5.78. The summed E-state index contributed by atoms with van der Waals surface area (Å²) in [6.45, 7) is 5.59. The van der Waals surface area contributed by atoms with Gasteiger partial charge in [0.1, 0.15) is 5.75 Å². The Labute approximate surface area is 142 Å². The van der Waals surface area contributed by atoms with Gasteiger partial charge in [-0.3, -0.25) is 4.98 Å². The van der Waals surface area contributed by atoms with Crippen LogP contribution in [-0.4, -0.2) is 18.1 Å². The van der Waals surface area contributed by atoms with Crippen molar-refractivity contribution < 1.29 is 4.74 Å². The molecule has 0 aliphatic carbocycles.